The van der Waals surface area contributed by atoms with Gasteiger partial charge in [0.15, 0.2) is 6.04 Å². The second-order valence-electron chi connectivity index (χ2n) is 8.62. The van der Waals surface area contributed by atoms with Crippen molar-refractivity contribution in [3.63, 3.8) is 0 Å². The van der Waals surface area contributed by atoms with Gasteiger partial charge in [-0.15, -0.1) is 5.10 Å². The van der Waals surface area contributed by atoms with Crippen LogP contribution in [0, 0.1) is 0 Å². The van der Waals surface area contributed by atoms with Gasteiger partial charge in [0.25, 0.3) is 0 Å². The van der Waals surface area contributed by atoms with Crippen molar-refractivity contribution in [3.05, 3.63) is 47.9 Å². The zero-order chi connectivity index (χ0) is 19.0. The molecule has 1 fully saturated rings. The minimum Gasteiger partial charge on any atom is -0.328 e. The van der Waals surface area contributed by atoms with Crippen molar-refractivity contribution in [2.75, 3.05) is 33.2 Å². The first kappa shape index (κ1) is 18.0. The molecule has 1 aliphatic heterocycles. The number of aromatic nitrogens is 5. The van der Waals surface area contributed by atoms with E-state index in [0.29, 0.717) is 0 Å². The van der Waals surface area contributed by atoms with E-state index in [1.54, 1.807) is 4.90 Å². The molecule has 7 nitrogen and oxygen atoms in total. The first-order valence-electron chi connectivity index (χ1n) is 9.73. The Bertz CT molecular complexity index is 919. The Morgan fingerprint density at radius 2 is 1.85 bits per heavy atom. The molecule has 2 aromatic heterocycles. The molecular formula is C20H29N7+2. The van der Waals surface area contributed by atoms with Crippen molar-refractivity contribution in [1.82, 2.24) is 25.2 Å². The Balaban J connectivity index is 1.82. The lowest BCUT2D eigenvalue weighted by molar-refractivity contribution is -1.02. The van der Waals surface area contributed by atoms with E-state index in [-0.39, 0.29) is 11.6 Å². The third kappa shape index (κ3) is 3.57. The smallest absolute Gasteiger partial charge is 0.214 e. The third-order valence-electron chi connectivity index (χ3n) is 5.50. The zero-order valence-electron chi connectivity index (χ0n) is 16.6. The topological polar surface area (TPSA) is 65.4 Å². The maximum absolute atomic E-state index is 4.49. The number of rotatable bonds is 3. The largest absolute Gasteiger partial charge is 0.328 e. The summed E-state index contributed by atoms with van der Waals surface area (Å²) in [6, 6.07) is 10.8. The number of pyridine rings is 1. The molecule has 1 saturated heterocycles. The van der Waals surface area contributed by atoms with Gasteiger partial charge in [-0.1, -0.05) is 12.1 Å². The standard InChI is InChI=1S/C20H27N7/c1-20(2,3)27-19(22-23-24-27)18(26-12-10-25(4)11-13-26)16-7-8-17-15(14-16)6-5-9-21-17/h5-9,14,18H,10-13H2,1-4H3/p+2/t18-/m1/s1. The first-order valence-corrected chi connectivity index (χ1v) is 9.73. The molecule has 7 heteroatoms. The van der Waals surface area contributed by atoms with E-state index in [2.05, 4.69) is 72.6 Å². The predicted molar refractivity (Wildman–Crippen MR) is 104 cm³/mol. The zero-order valence-corrected chi connectivity index (χ0v) is 16.6. The molecule has 0 aliphatic carbocycles. The number of benzene rings is 1. The van der Waals surface area contributed by atoms with E-state index in [4.69, 9.17) is 0 Å². The van der Waals surface area contributed by atoms with E-state index >= 15 is 0 Å². The van der Waals surface area contributed by atoms with Crippen LogP contribution in [0.3, 0.4) is 0 Å². The minimum atomic E-state index is -0.160. The molecule has 2 N–H and O–H groups in total. The summed E-state index contributed by atoms with van der Waals surface area (Å²) in [4.78, 5) is 7.59. The van der Waals surface area contributed by atoms with Gasteiger partial charge in [-0.05, 0) is 49.4 Å². The van der Waals surface area contributed by atoms with Crippen LogP contribution in [-0.4, -0.2) is 58.4 Å². The maximum atomic E-state index is 4.49. The van der Waals surface area contributed by atoms with Crippen LogP contribution in [0.15, 0.2) is 36.5 Å². The molecule has 3 heterocycles. The molecule has 0 spiro atoms. The lowest BCUT2D eigenvalue weighted by Gasteiger charge is -2.34. The number of hydrogen-bond acceptors (Lipinski definition) is 4. The average Bonchev–Trinajstić information content (AvgIpc) is 3.13. The summed E-state index contributed by atoms with van der Waals surface area (Å²) < 4.78 is 1.99. The SMILES string of the molecule is C[NH+]1CC[NH+]([C@H](c2ccc3ncccc3c2)c2nnnn2C(C)(C)C)CC1. The molecule has 0 bridgehead atoms. The summed E-state index contributed by atoms with van der Waals surface area (Å²) >= 11 is 0. The Hall–Kier alpha value is -2.38. The molecule has 0 unspecified atom stereocenters. The molecule has 0 amide bonds. The molecule has 0 radical (unpaired) electrons. The van der Waals surface area contributed by atoms with Crippen LogP contribution in [0.1, 0.15) is 38.2 Å². The number of quaternary nitrogens is 2. The number of hydrogen-bond donors (Lipinski definition) is 2. The fourth-order valence-corrected chi connectivity index (χ4v) is 3.98. The number of piperazine rings is 1. The van der Waals surface area contributed by atoms with Crippen LogP contribution in [0.2, 0.25) is 0 Å². The third-order valence-corrected chi connectivity index (χ3v) is 5.50. The van der Waals surface area contributed by atoms with Crippen LogP contribution in [0.4, 0.5) is 0 Å². The number of fused-ring (bicyclic) bond motifs is 1. The monoisotopic (exact) mass is 367 g/mol. The van der Waals surface area contributed by atoms with Crippen LogP contribution in [0.5, 0.6) is 0 Å². The lowest BCUT2D eigenvalue weighted by atomic mass is 10.00. The average molecular weight is 368 g/mol. The molecule has 142 valence electrons. The van der Waals surface area contributed by atoms with Crippen molar-refractivity contribution < 1.29 is 9.80 Å². The highest BCUT2D eigenvalue weighted by atomic mass is 15.6. The molecule has 1 aromatic carbocycles. The first-order chi connectivity index (χ1) is 12.9. The van der Waals surface area contributed by atoms with Gasteiger partial charge in [0.1, 0.15) is 26.2 Å². The van der Waals surface area contributed by atoms with Crippen LogP contribution < -0.4 is 9.80 Å². The van der Waals surface area contributed by atoms with Gasteiger partial charge in [0.05, 0.1) is 18.1 Å². The van der Waals surface area contributed by atoms with Gasteiger partial charge in [-0.3, -0.25) is 4.98 Å². The predicted octanol–water partition coefficient (Wildman–Crippen LogP) is -0.521. The van der Waals surface area contributed by atoms with Gasteiger partial charge in [-0.2, -0.15) is 0 Å². The second kappa shape index (κ2) is 6.98. The van der Waals surface area contributed by atoms with E-state index in [0.717, 1.165) is 42.9 Å². The molecule has 0 saturated carbocycles. The molecule has 1 atom stereocenters. The van der Waals surface area contributed by atoms with Crippen LogP contribution in [-0.2, 0) is 5.54 Å². The highest BCUT2D eigenvalue weighted by molar-refractivity contribution is 5.79. The van der Waals surface area contributed by atoms with Crippen molar-refractivity contribution in [3.8, 4) is 0 Å². The molecule has 27 heavy (non-hydrogen) atoms. The van der Waals surface area contributed by atoms with E-state index in [1.807, 2.05) is 16.9 Å². The Kier molecular flexibility index (Phi) is 4.65. The number of likely N-dealkylation sites (N-methyl/N-ethyl adjacent to an activating group) is 1. The molecule has 4 rings (SSSR count). The van der Waals surface area contributed by atoms with E-state index < -0.39 is 0 Å². The normalized spacial score (nSPS) is 22.1. The molecule has 3 aromatic rings. The van der Waals surface area contributed by atoms with Crippen molar-refractivity contribution >= 4 is 10.9 Å². The van der Waals surface area contributed by atoms with E-state index in [1.165, 1.54) is 10.5 Å². The summed E-state index contributed by atoms with van der Waals surface area (Å²) in [5, 5.41) is 14.0. The fraction of sp³-hybridized carbons (Fsp3) is 0.500. The van der Waals surface area contributed by atoms with Crippen LogP contribution in [0.25, 0.3) is 10.9 Å². The van der Waals surface area contributed by atoms with Crippen molar-refractivity contribution in [2.45, 2.75) is 32.4 Å². The van der Waals surface area contributed by atoms with E-state index in [9.17, 15) is 0 Å². The van der Waals surface area contributed by atoms with Gasteiger partial charge in [-0.25, -0.2) is 4.68 Å². The Labute approximate surface area is 160 Å². The van der Waals surface area contributed by atoms with Gasteiger partial charge in [0, 0.05) is 17.1 Å². The lowest BCUT2D eigenvalue weighted by Crippen LogP contribution is -3.27. The fourth-order valence-electron chi connectivity index (χ4n) is 3.98. The number of nitrogens with zero attached hydrogens (tertiary/aromatic N) is 5. The van der Waals surface area contributed by atoms with Crippen LogP contribution >= 0.6 is 0 Å². The summed E-state index contributed by atoms with van der Waals surface area (Å²) in [5.74, 6) is 0.945. The molecular weight excluding hydrogens is 338 g/mol. The van der Waals surface area contributed by atoms with Crippen molar-refractivity contribution in [1.29, 1.82) is 0 Å². The number of tetrazole rings is 1. The summed E-state index contributed by atoms with van der Waals surface area (Å²) in [6.45, 7) is 11.0. The summed E-state index contributed by atoms with van der Waals surface area (Å²) in [7, 11) is 2.27. The van der Waals surface area contributed by atoms with Gasteiger partial charge < -0.3 is 9.80 Å². The Morgan fingerprint density at radius 3 is 2.59 bits per heavy atom. The molecule has 1 aliphatic rings. The van der Waals surface area contributed by atoms with Gasteiger partial charge >= 0.3 is 0 Å². The Morgan fingerprint density at radius 1 is 1.07 bits per heavy atom. The maximum Gasteiger partial charge on any atom is 0.214 e. The highest BCUT2D eigenvalue weighted by Gasteiger charge is 2.36. The summed E-state index contributed by atoms with van der Waals surface area (Å²) in [5.41, 5.74) is 2.12. The van der Waals surface area contributed by atoms with Gasteiger partial charge in [0.2, 0.25) is 5.82 Å². The highest BCUT2D eigenvalue weighted by Crippen LogP contribution is 2.24. The van der Waals surface area contributed by atoms with Crippen molar-refractivity contribution in [2.24, 2.45) is 0 Å². The summed E-state index contributed by atoms with van der Waals surface area (Å²) in [6.07, 6.45) is 1.84. The number of nitrogens with one attached hydrogen (secondary N) is 2. The quantitative estimate of drug-likeness (QED) is 0.654. The second-order valence-corrected chi connectivity index (χ2v) is 8.62. The minimum absolute atomic E-state index is 0.122.